The third-order valence-electron chi connectivity index (χ3n) is 2.39. The third kappa shape index (κ3) is 3.17. The Morgan fingerprint density at radius 2 is 2.36 bits per heavy atom. The minimum Gasteiger partial charge on any atom is -0.481 e. The average molecular weight is 218 g/mol. The summed E-state index contributed by atoms with van der Waals surface area (Å²) in [6.45, 7) is 6.03. The van der Waals surface area contributed by atoms with Gasteiger partial charge in [-0.25, -0.2) is 0 Å². The fourth-order valence-electron chi connectivity index (χ4n) is 1.88. The van der Waals surface area contributed by atoms with E-state index in [1.165, 1.54) is 0 Å². The van der Waals surface area contributed by atoms with Gasteiger partial charge in [-0.05, 0) is 26.7 Å². The zero-order chi connectivity index (χ0) is 10.8. The first-order valence-electron chi connectivity index (χ1n) is 5.02. The molecule has 0 saturated carbocycles. The van der Waals surface area contributed by atoms with Crippen LogP contribution in [0.25, 0.3) is 0 Å². The predicted molar refractivity (Wildman–Crippen MR) is 57.5 cm³/mol. The molecule has 1 heterocycles. The summed E-state index contributed by atoms with van der Waals surface area (Å²) >= 11 is 1.66. The summed E-state index contributed by atoms with van der Waals surface area (Å²) < 4.78 is 5.70. The first-order valence-corrected chi connectivity index (χ1v) is 5.90. The maximum absolute atomic E-state index is 10.7. The molecule has 1 saturated heterocycles. The van der Waals surface area contributed by atoms with Gasteiger partial charge in [-0.1, -0.05) is 6.92 Å². The quantitative estimate of drug-likeness (QED) is 0.790. The third-order valence-corrected chi connectivity index (χ3v) is 3.99. The number of carboxylic acids is 1. The van der Waals surface area contributed by atoms with E-state index in [2.05, 4.69) is 6.92 Å². The van der Waals surface area contributed by atoms with Gasteiger partial charge < -0.3 is 9.84 Å². The smallest absolute Gasteiger partial charge is 0.307 e. The lowest BCUT2D eigenvalue weighted by Gasteiger charge is -2.40. The summed E-state index contributed by atoms with van der Waals surface area (Å²) in [5.41, 5.74) is 0. The summed E-state index contributed by atoms with van der Waals surface area (Å²) in [5, 5.41) is 9.31. The van der Waals surface area contributed by atoms with Crippen molar-refractivity contribution in [2.45, 2.75) is 56.3 Å². The maximum atomic E-state index is 10.7. The maximum Gasteiger partial charge on any atom is 0.307 e. The molecule has 1 aliphatic rings. The zero-order valence-corrected chi connectivity index (χ0v) is 9.76. The summed E-state index contributed by atoms with van der Waals surface area (Å²) in [4.78, 5) is 10.1. The van der Waals surface area contributed by atoms with Crippen molar-refractivity contribution in [3.05, 3.63) is 0 Å². The average Bonchev–Trinajstić information content (AvgIpc) is 1.99. The second-order valence-electron chi connectivity index (χ2n) is 4.02. The largest absolute Gasteiger partial charge is 0.481 e. The molecule has 82 valence electrons. The molecule has 1 aliphatic heterocycles. The summed E-state index contributed by atoms with van der Waals surface area (Å²) in [6.07, 6.45) is 2.35. The first kappa shape index (κ1) is 11.9. The van der Waals surface area contributed by atoms with Crippen molar-refractivity contribution in [2.75, 3.05) is 0 Å². The molecule has 0 aromatic carbocycles. The molecule has 0 aromatic rings. The minimum atomic E-state index is -0.788. The Hall–Kier alpha value is -0.220. The number of hydrogen-bond donors (Lipinski definition) is 1. The van der Waals surface area contributed by atoms with Gasteiger partial charge in [-0.15, -0.1) is 11.8 Å². The van der Waals surface area contributed by atoms with Crippen molar-refractivity contribution in [1.29, 1.82) is 0 Å². The molecule has 1 N–H and O–H groups in total. The lowest BCUT2D eigenvalue weighted by atomic mass is 10.1. The Balaban J connectivity index is 2.63. The summed E-state index contributed by atoms with van der Waals surface area (Å²) in [7, 11) is 0. The SMILES string of the molecule is CCC1CC(C)OC(C)(CC(=O)O)S1. The number of carboxylic acid groups (broad SMARTS) is 1. The molecule has 4 heteroatoms. The molecular weight excluding hydrogens is 200 g/mol. The Morgan fingerprint density at radius 3 is 2.86 bits per heavy atom. The van der Waals surface area contributed by atoms with E-state index in [1.807, 2.05) is 13.8 Å². The normalized spacial score (nSPS) is 38.2. The number of thioether (sulfide) groups is 1. The molecule has 0 bridgehead atoms. The standard InChI is InChI=1S/C10H18O3S/c1-4-8-5-7(2)13-10(3,14-8)6-9(11)12/h7-8H,4-6H2,1-3H3,(H,11,12). The molecule has 0 spiro atoms. The van der Waals surface area contributed by atoms with Crippen LogP contribution < -0.4 is 0 Å². The van der Waals surface area contributed by atoms with Crippen LogP contribution in [0.4, 0.5) is 0 Å². The molecule has 3 nitrogen and oxygen atoms in total. The van der Waals surface area contributed by atoms with E-state index in [4.69, 9.17) is 9.84 Å². The number of hydrogen-bond acceptors (Lipinski definition) is 3. The van der Waals surface area contributed by atoms with E-state index in [1.54, 1.807) is 11.8 Å². The second kappa shape index (κ2) is 4.53. The number of rotatable bonds is 3. The predicted octanol–water partition coefficient (Wildman–Crippen LogP) is 2.50. The summed E-state index contributed by atoms with van der Waals surface area (Å²) in [5.74, 6) is -0.788. The summed E-state index contributed by atoms with van der Waals surface area (Å²) in [6, 6.07) is 0. The van der Waals surface area contributed by atoms with Gasteiger partial charge in [0.25, 0.3) is 0 Å². The highest BCUT2D eigenvalue weighted by atomic mass is 32.2. The van der Waals surface area contributed by atoms with Gasteiger partial charge in [0.15, 0.2) is 0 Å². The van der Waals surface area contributed by atoms with Gasteiger partial charge in [0, 0.05) is 5.25 Å². The molecule has 3 unspecified atom stereocenters. The Labute approximate surface area is 89.2 Å². The van der Waals surface area contributed by atoms with E-state index in [0.717, 1.165) is 12.8 Å². The van der Waals surface area contributed by atoms with Crippen LogP contribution in [-0.2, 0) is 9.53 Å². The van der Waals surface area contributed by atoms with Crippen LogP contribution in [-0.4, -0.2) is 27.4 Å². The van der Waals surface area contributed by atoms with Crippen LogP contribution in [0.5, 0.6) is 0 Å². The van der Waals surface area contributed by atoms with Crippen molar-refractivity contribution in [3.63, 3.8) is 0 Å². The van der Waals surface area contributed by atoms with Crippen LogP contribution >= 0.6 is 11.8 Å². The Kier molecular flexibility index (Phi) is 3.84. The van der Waals surface area contributed by atoms with E-state index < -0.39 is 10.9 Å². The van der Waals surface area contributed by atoms with E-state index >= 15 is 0 Å². The molecule has 0 radical (unpaired) electrons. The topological polar surface area (TPSA) is 46.5 Å². The number of ether oxygens (including phenoxy) is 1. The van der Waals surface area contributed by atoms with Gasteiger partial charge in [0.2, 0.25) is 0 Å². The van der Waals surface area contributed by atoms with Crippen LogP contribution in [0.2, 0.25) is 0 Å². The van der Waals surface area contributed by atoms with Gasteiger partial charge >= 0.3 is 5.97 Å². The molecule has 0 aromatic heterocycles. The zero-order valence-electron chi connectivity index (χ0n) is 8.95. The molecule has 0 aliphatic carbocycles. The van der Waals surface area contributed by atoms with Crippen LogP contribution in [0.3, 0.4) is 0 Å². The van der Waals surface area contributed by atoms with Gasteiger partial charge in [0.05, 0.1) is 12.5 Å². The van der Waals surface area contributed by atoms with Gasteiger partial charge in [-0.3, -0.25) is 4.79 Å². The highest BCUT2D eigenvalue weighted by Crippen LogP contribution is 2.42. The van der Waals surface area contributed by atoms with Gasteiger partial charge in [-0.2, -0.15) is 0 Å². The molecule has 0 amide bonds. The lowest BCUT2D eigenvalue weighted by molar-refractivity contribution is -0.142. The van der Waals surface area contributed by atoms with Crippen molar-refractivity contribution >= 4 is 17.7 Å². The molecular formula is C10H18O3S. The van der Waals surface area contributed by atoms with E-state index in [9.17, 15) is 4.79 Å². The monoisotopic (exact) mass is 218 g/mol. The number of carbonyl (C=O) groups is 1. The van der Waals surface area contributed by atoms with E-state index in [-0.39, 0.29) is 12.5 Å². The molecule has 1 fully saturated rings. The molecule has 1 rings (SSSR count). The Morgan fingerprint density at radius 1 is 1.71 bits per heavy atom. The fraction of sp³-hybridized carbons (Fsp3) is 0.900. The van der Waals surface area contributed by atoms with Crippen LogP contribution in [0.15, 0.2) is 0 Å². The highest BCUT2D eigenvalue weighted by Gasteiger charge is 2.38. The minimum absolute atomic E-state index is 0.0819. The van der Waals surface area contributed by atoms with Crippen molar-refractivity contribution < 1.29 is 14.6 Å². The highest BCUT2D eigenvalue weighted by molar-refractivity contribution is 8.01. The lowest BCUT2D eigenvalue weighted by Crippen LogP contribution is -2.39. The molecule has 3 atom stereocenters. The van der Waals surface area contributed by atoms with Crippen molar-refractivity contribution in [3.8, 4) is 0 Å². The van der Waals surface area contributed by atoms with Crippen LogP contribution in [0, 0.1) is 0 Å². The van der Waals surface area contributed by atoms with Crippen LogP contribution in [0.1, 0.15) is 40.0 Å². The fourth-order valence-corrected chi connectivity index (χ4v) is 3.55. The van der Waals surface area contributed by atoms with Crippen molar-refractivity contribution in [1.82, 2.24) is 0 Å². The molecule has 14 heavy (non-hydrogen) atoms. The van der Waals surface area contributed by atoms with Crippen molar-refractivity contribution in [2.24, 2.45) is 0 Å². The first-order chi connectivity index (χ1) is 6.45. The van der Waals surface area contributed by atoms with Gasteiger partial charge in [0.1, 0.15) is 4.93 Å². The number of aliphatic carboxylic acids is 1. The Bertz CT molecular complexity index is 219. The second-order valence-corrected chi connectivity index (χ2v) is 5.78. The van der Waals surface area contributed by atoms with E-state index in [0.29, 0.717) is 5.25 Å².